The van der Waals surface area contributed by atoms with Crippen LogP contribution in [0.4, 0.5) is 0 Å². The standard InChI is InChI=1S/C13H24N2O.ClH/c1-10-5-4-8-15(10)13(16)9-11-6-2-3-7-12(11)14;/h10-12H,2-9,14H2,1H3;1H. The Kier molecular flexibility index (Phi) is 5.74. The predicted octanol–water partition coefficient (Wildman–Crippen LogP) is 2.33. The van der Waals surface area contributed by atoms with Crippen molar-refractivity contribution in [3.63, 3.8) is 0 Å². The van der Waals surface area contributed by atoms with Crippen LogP contribution >= 0.6 is 12.4 Å². The van der Waals surface area contributed by atoms with Crippen LogP contribution in [0.1, 0.15) is 51.9 Å². The van der Waals surface area contributed by atoms with Crippen LogP contribution in [0, 0.1) is 5.92 Å². The molecule has 1 aliphatic heterocycles. The zero-order chi connectivity index (χ0) is 11.5. The van der Waals surface area contributed by atoms with E-state index in [1.54, 1.807) is 0 Å². The molecule has 3 unspecified atom stereocenters. The minimum atomic E-state index is 0. The van der Waals surface area contributed by atoms with Gasteiger partial charge in [0, 0.05) is 25.0 Å². The minimum absolute atomic E-state index is 0. The number of halogens is 1. The summed E-state index contributed by atoms with van der Waals surface area (Å²) in [5.41, 5.74) is 6.09. The largest absolute Gasteiger partial charge is 0.340 e. The van der Waals surface area contributed by atoms with Crippen molar-refractivity contribution in [1.29, 1.82) is 0 Å². The molecule has 3 atom stereocenters. The maximum atomic E-state index is 12.1. The molecule has 17 heavy (non-hydrogen) atoms. The Balaban J connectivity index is 0.00000144. The predicted molar refractivity (Wildman–Crippen MR) is 72.2 cm³/mol. The Labute approximate surface area is 111 Å². The van der Waals surface area contributed by atoms with E-state index in [-0.39, 0.29) is 18.4 Å². The molecule has 2 fully saturated rings. The lowest BCUT2D eigenvalue weighted by Gasteiger charge is -2.30. The van der Waals surface area contributed by atoms with Crippen LogP contribution in [0.5, 0.6) is 0 Å². The third-order valence-corrected chi connectivity index (χ3v) is 4.28. The second-order valence-corrected chi connectivity index (χ2v) is 5.49. The lowest BCUT2D eigenvalue weighted by atomic mass is 9.82. The van der Waals surface area contributed by atoms with Crippen molar-refractivity contribution in [3.05, 3.63) is 0 Å². The summed E-state index contributed by atoms with van der Waals surface area (Å²) < 4.78 is 0. The Hall–Kier alpha value is -0.280. The van der Waals surface area contributed by atoms with Crippen LogP contribution in [-0.2, 0) is 4.79 Å². The van der Waals surface area contributed by atoms with Crippen molar-refractivity contribution in [1.82, 2.24) is 4.90 Å². The molecule has 2 rings (SSSR count). The van der Waals surface area contributed by atoms with Gasteiger partial charge < -0.3 is 10.6 Å². The molecule has 4 heteroatoms. The molecular weight excluding hydrogens is 236 g/mol. The highest BCUT2D eigenvalue weighted by Crippen LogP contribution is 2.27. The summed E-state index contributed by atoms with van der Waals surface area (Å²) in [5, 5.41) is 0. The molecule has 0 aromatic rings. The molecular formula is C13H25ClN2O. The van der Waals surface area contributed by atoms with Crippen LogP contribution in [0.2, 0.25) is 0 Å². The summed E-state index contributed by atoms with van der Waals surface area (Å²) in [7, 11) is 0. The second kappa shape index (κ2) is 6.60. The summed E-state index contributed by atoms with van der Waals surface area (Å²) in [6.07, 6.45) is 7.77. The second-order valence-electron chi connectivity index (χ2n) is 5.49. The molecule has 2 aliphatic rings. The first-order chi connectivity index (χ1) is 7.68. The maximum Gasteiger partial charge on any atom is 0.223 e. The van der Waals surface area contributed by atoms with Crippen molar-refractivity contribution < 1.29 is 4.79 Å². The van der Waals surface area contributed by atoms with E-state index in [9.17, 15) is 4.79 Å². The number of likely N-dealkylation sites (tertiary alicyclic amines) is 1. The molecule has 0 radical (unpaired) electrons. The molecule has 100 valence electrons. The van der Waals surface area contributed by atoms with Gasteiger partial charge in [0.15, 0.2) is 0 Å². The monoisotopic (exact) mass is 260 g/mol. The van der Waals surface area contributed by atoms with Gasteiger partial charge in [-0.2, -0.15) is 0 Å². The number of carbonyl (C=O) groups excluding carboxylic acids is 1. The van der Waals surface area contributed by atoms with Gasteiger partial charge in [0.2, 0.25) is 5.91 Å². The van der Waals surface area contributed by atoms with E-state index in [2.05, 4.69) is 11.8 Å². The minimum Gasteiger partial charge on any atom is -0.340 e. The summed E-state index contributed by atoms with van der Waals surface area (Å²) in [6, 6.07) is 0.711. The molecule has 1 amide bonds. The third-order valence-electron chi connectivity index (χ3n) is 4.28. The third kappa shape index (κ3) is 3.59. The van der Waals surface area contributed by atoms with Gasteiger partial charge in [0.1, 0.15) is 0 Å². The number of amides is 1. The molecule has 2 N–H and O–H groups in total. The number of nitrogens with zero attached hydrogens (tertiary/aromatic N) is 1. The van der Waals surface area contributed by atoms with Gasteiger partial charge in [-0.15, -0.1) is 12.4 Å². The Bertz CT molecular complexity index is 260. The lowest BCUT2D eigenvalue weighted by molar-refractivity contribution is -0.133. The van der Waals surface area contributed by atoms with Crippen LogP contribution in [0.15, 0.2) is 0 Å². The first-order valence-corrected chi connectivity index (χ1v) is 6.73. The van der Waals surface area contributed by atoms with E-state index in [0.717, 1.165) is 19.4 Å². The summed E-state index contributed by atoms with van der Waals surface area (Å²) in [4.78, 5) is 14.2. The highest BCUT2D eigenvalue weighted by Gasteiger charge is 2.29. The number of hydrogen-bond acceptors (Lipinski definition) is 2. The van der Waals surface area contributed by atoms with E-state index in [0.29, 0.717) is 24.3 Å². The van der Waals surface area contributed by atoms with E-state index < -0.39 is 0 Å². The van der Waals surface area contributed by atoms with Gasteiger partial charge in [0.25, 0.3) is 0 Å². The normalized spacial score (nSPS) is 33.3. The van der Waals surface area contributed by atoms with Crippen molar-refractivity contribution in [3.8, 4) is 0 Å². The van der Waals surface area contributed by atoms with Crippen LogP contribution < -0.4 is 5.73 Å². The van der Waals surface area contributed by atoms with E-state index in [4.69, 9.17) is 5.73 Å². The molecule has 1 aliphatic carbocycles. The fourth-order valence-electron chi connectivity index (χ4n) is 3.14. The zero-order valence-corrected chi connectivity index (χ0v) is 11.5. The molecule has 0 bridgehead atoms. The Morgan fingerprint density at radius 1 is 1.24 bits per heavy atom. The van der Waals surface area contributed by atoms with Crippen LogP contribution in [0.3, 0.4) is 0 Å². The fourth-order valence-corrected chi connectivity index (χ4v) is 3.14. The molecule has 1 saturated heterocycles. The lowest BCUT2D eigenvalue weighted by Crippen LogP contribution is -2.40. The molecule has 1 heterocycles. The van der Waals surface area contributed by atoms with Gasteiger partial charge in [-0.1, -0.05) is 12.8 Å². The van der Waals surface area contributed by atoms with Gasteiger partial charge in [0.05, 0.1) is 0 Å². The maximum absolute atomic E-state index is 12.1. The average Bonchev–Trinajstić information content (AvgIpc) is 2.68. The van der Waals surface area contributed by atoms with Crippen LogP contribution in [-0.4, -0.2) is 29.4 Å². The van der Waals surface area contributed by atoms with Crippen LogP contribution in [0.25, 0.3) is 0 Å². The van der Waals surface area contributed by atoms with Crippen molar-refractivity contribution >= 4 is 18.3 Å². The first-order valence-electron chi connectivity index (χ1n) is 6.73. The van der Waals surface area contributed by atoms with Gasteiger partial charge in [-0.25, -0.2) is 0 Å². The van der Waals surface area contributed by atoms with E-state index in [1.165, 1.54) is 25.7 Å². The Morgan fingerprint density at radius 2 is 1.94 bits per heavy atom. The fraction of sp³-hybridized carbons (Fsp3) is 0.923. The molecule has 0 spiro atoms. The topological polar surface area (TPSA) is 46.3 Å². The molecule has 0 aromatic heterocycles. The molecule has 3 nitrogen and oxygen atoms in total. The van der Waals surface area contributed by atoms with Crippen molar-refractivity contribution in [2.24, 2.45) is 11.7 Å². The van der Waals surface area contributed by atoms with Crippen molar-refractivity contribution in [2.45, 2.75) is 64.0 Å². The van der Waals surface area contributed by atoms with E-state index >= 15 is 0 Å². The first kappa shape index (κ1) is 14.8. The van der Waals surface area contributed by atoms with E-state index in [1.807, 2.05) is 0 Å². The highest BCUT2D eigenvalue weighted by atomic mass is 35.5. The number of hydrogen-bond donors (Lipinski definition) is 1. The molecule has 1 saturated carbocycles. The average molecular weight is 261 g/mol. The zero-order valence-electron chi connectivity index (χ0n) is 10.7. The van der Waals surface area contributed by atoms with Crippen molar-refractivity contribution in [2.75, 3.05) is 6.54 Å². The number of rotatable bonds is 2. The Morgan fingerprint density at radius 3 is 2.53 bits per heavy atom. The highest BCUT2D eigenvalue weighted by molar-refractivity contribution is 5.85. The van der Waals surface area contributed by atoms with Gasteiger partial charge >= 0.3 is 0 Å². The summed E-state index contributed by atoms with van der Waals surface area (Å²) in [6.45, 7) is 3.12. The summed E-state index contributed by atoms with van der Waals surface area (Å²) >= 11 is 0. The summed E-state index contributed by atoms with van der Waals surface area (Å²) in [5.74, 6) is 0.779. The number of nitrogens with two attached hydrogens (primary N) is 1. The van der Waals surface area contributed by atoms with Gasteiger partial charge in [-0.3, -0.25) is 4.79 Å². The quantitative estimate of drug-likeness (QED) is 0.828. The SMILES string of the molecule is CC1CCCN1C(=O)CC1CCCCC1N.Cl. The number of carbonyl (C=O) groups is 1. The smallest absolute Gasteiger partial charge is 0.223 e. The molecule has 0 aromatic carbocycles. The van der Waals surface area contributed by atoms with Gasteiger partial charge in [-0.05, 0) is 38.5 Å².